The molecule has 2 rings (SSSR count). The van der Waals surface area contributed by atoms with E-state index < -0.39 is 10.0 Å². The molecule has 0 saturated heterocycles. The second-order valence-corrected chi connectivity index (χ2v) is 7.09. The lowest BCUT2D eigenvalue weighted by molar-refractivity contribution is 0.580. The minimum Gasteiger partial charge on any atom is -0.300 e. The molecule has 0 aliphatic rings. The van der Waals surface area contributed by atoms with Crippen LogP contribution in [0.3, 0.4) is 0 Å². The second-order valence-electron chi connectivity index (χ2n) is 3.53. The molecule has 0 unspecified atom stereocenters. The standard InChI is InChI=1S/C9H8BrIN4O2S/c1-15-8(13-14-9(15)18(12,16)17)6-4-5(11)2-3-7(6)10/h2-4H,1H3,(H2,12,16,17). The molecule has 0 aliphatic heterocycles. The summed E-state index contributed by atoms with van der Waals surface area (Å²) in [6.07, 6.45) is 0. The molecular weight excluding hydrogens is 435 g/mol. The van der Waals surface area contributed by atoms with Gasteiger partial charge >= 0.3 is 0 Å². The SMILES string of the molecule is Cn1c(-c2cc(I)ccc2Br)nnc1S(N)(=O)=O. The van der Waals surface area contributed by atoms with E-state index in [2.05, 4.69) is 48.7 Å². The van der Waals surface area contributed by atoms with Gasteiger partial charge in [-0.25, -0.2) is 13.6 Å². The van der Waals surface area contributed by atoms with Crippen molar-refractivity contribution in [3.05, 3.63) is 26.2 Å². The van der Waals surface area contributed by atoms with Gasteiger partial charge in [0.25, 0.3) is 15.2 Å². The van der Waals surface area contributed by atoms with E-state index in [1.165, 1.54) is 4.57 Å². The summed E-state index contributed by atoms with van der Waals surface area (Å²) in [6, 6.07) is 5.66. The maximum Gasteiger partial charge on any atom is 0.273 e. The van der Waals surface area contributed by atoms with Crippen molar-refractivity contribution in [1.29, 1.82) is 0 Å². The topological polar surface area (TPSA) is 90.9 Å². The van der Waals surface area contributed by atoms with Gasteiger partial charge in [-0.2, -0.15) is 0 Å². The number of aromatic nitrogens is 3. The van der Waals surface area contributed by atoms with Crippen LogP contribution in [-0.4, -0.2) is 23.2 Å². The Bertz CT molecular complexity index is 713. The van der Waals surface area contributed by atoms with Gasteiger partial charge in [-0.15, -0.1) is 10.2 Å². The fraction of sp³-hybridized carbons (Fsp3) is 0.111. The van der Waals surface area contributed by atoms with E-state index >= 15 is 0 Å². The Labute approximate surface area is 126 Å². The summed E-state index contributed by atoms with van der Waals surface area (Å²) < 4.78 is 25.7. The Morgan fingerprint density at radius 3 is 2.61 bits per heavy atom. The van der Waals surface area contributed by atoms with Crippen molar-refractivity contribution in [2.75, 3.05) is 0 Å². The summed E-state index contributed by atoms with van der Waals surface area (Å²) in [5.74, 6) is 0.435. The molecule has 0 aliphatic carbocycles. The van der Waals surface area contributed by atoms with Crippen LogP contribution in [0.25, 0.3) is 11.4 Å². The number of hydrogen-bond acceptors (Lipinski definition) is 4. The smallest absolute Gasteiger partial charge is 0.273 e. The van der Waals surface area contributed by atoms with Crippen molar-refractivity contribution in [3.8, 4) is 11.4 Å². The van der Waals surface area contributed by atoms with Crippen LogP contribution in [0.15, 0.2) is 27.8 Å². The number of sulfonamides is 1. The van der Waals surface area contributed by atoms with Gasteiger partial charge in [0.1, 0.15) is 0 Å². The Morgan fingerprint density at radius 2 is 2.06 bits per heavy atom. The maximum absolute atomic E-state index is 11.3. The summed E-state index contributed by atoms with van der Waals surface area (Å²) in [5.41, 5.74) is 0.756. The highest BCUT2D eigenvalue weighted by Gasteiger charge is 2.20. The van der Waals surface area contributed by atoms with Gasteiger partial charge in [0.15, 0.2) is 5.82 Å². The van der Waals surface area contributed by atoms with Gasteiger partial charge in [0, 0.05) is 20.7 Å². The molecule has 0 amide bonds. The highest BCUT2D eigenvalue weighted by Crippen LogP contribution is 2.28. The number of nitrogens with zero attached hydrogens (tertiary/aromatic N) is 3. The fourth-order valence-electron chi connectivity index (χ4n) is 1.47. The number of rotatable bonds is 2. The fourth-order valence-corrected chi connectivity index (χ4v) is 3.00. The molecule has 18 heavy (non-hydrogen) atoms. The Balaban J connectivity index is 2.67. The molecule has 1 heterocycles. The quantitative estimate of drug-likeness (QED) is 0.713. The molecule has 0 saturated carbocycles. The first-order valence-electron chi connectivity index (χ1n) is 4.68. The van der Waals surface area contributed by atoms with Crippen molar-refractivity contribution in [3.63, 3.8) is 0 Å². The molecule has 2 aromatic rings. The zero-order valence-corrected chi connectivity index (χ0v) is 13.7. The molecule has 96 valence electrons. The van der Waals surface area contributed by atoms with E-state index in [-0.39, 0.29) is 5.16 Å². The van der Waals surface area contributed by atoms with Crippen molar-refractivity contribution in [1.82, 2.24) is 14.8 Å². The normalized spacial score (nSPS) is 11.8. The first-order valence-corrected chi connectivity index (χ1v) is 8.10. The van der Waals surface area contributed by atoms with Crippen LogP contribution in [0, 0.1) is 3.57 Å². The largest absolute Gasteiger partial charge is 0.300 e. The average molecular weight is 443 g/mol. The molecule has 9 heteroatoms. The number of hydrogen-bond donors (Lipinski definition) is 1. The number of nitrogens with two attached hydrogens (primary N) is 1. The molecule has 1 aromatic heterocycles. The van der Waals surface area contributed by atoms with Gasteiger partial charge in [-0.05, 0) is 40.8 Å². The predicted molar refractivity (Wildman–Crippen MR) is 78.2 cm³/mol. The highest BCUT2D eigenvalue weighted by molar-refractivity contribution is 14.1. The second kappa shape index (κ2) is 4.87. The summed E-state index contributed by atoms with van der Waals surface area (Å²) >= 11 is 5.56. The third-order valence-corrected chi connectivity index (χ3v) is 4.49. The van der Waals surface area contributed by atoms with E-state index in [4.69, 9.17) is 5.14 Å². The summed E-state index contributed by atoms with van der Waals surface area (Å²) in [5, 5.41) is 12.3. The van der Waals surface area contributed by atoms with Crippen molar-refractivity contribution >= 4 is 48.5 Å². The summed E-state index contributed by atoms with van der Waals surface area (Å²) in [4.78, 5) is 0. The van der Waals surface area contributed by atoms with Crippen LogP contribution in [0.1, 0.15) is 0 Å². The van der Waals surface area contributed by atoms with Crippen LogP contribution in [0.4, 0.5) is 0 Å². The Kier molecular flexibility index (Phi) is 3.76. The summed E-state index contributed by atoms with van der Waals surface area (Å²) in [7, 11) is -2.31. The van der Waals surface area contributed by atoms with E-state index in [0.717, 1.165) is 13.6 Å². The molecule has 0 spiro atoms. The third-order valence-electron chi connectivity index (χ3n) is 2.26. The molecule has 2 N–H and O–H groups in total. The van der Waals surface area contributed by atoms with E-state index in [1.807, 2.05) is 18.2 Å². The van der Waals surface area contributed by atoms with Crippen LogP contribution in [0.2, 0.25) is 0 Å². The zero-order valence-electron chi connectivity index (χ0n) is 9.13. The van der Waals surface area contributed by atoms with Gasteiger partial charge < -0.3 is 0 Å². The van der Waals surface area contributed by atoms with Crippen molar-refractivity contribution < 1.29 is 8.42 Å². The van der Waals surface area contributed by atoms with Crippen LogP contribution < -0.4 is 5.14 Å². The van der Waals surface area contributed by atoms with Crippen LogP contribution in [0.5, 0.6) is 0 Å². The minimum atomic E-state index is -3.87. The lowest BCUT2D eigenvalue weighted by Gasteiger charge is -2.05. The number of halogens is 2. The van der Waals surface area contributed by atoms with Gasteiger partial charge in [-0.1, -0.05) is 15.9 Å². The van der Waals surface area contributed by atoms with Gasteiger partial charge in [-0.3, -0.25) is 4.57 Å². The Hall–Kier alpha value is -0.520. The molecule has 0 bridgehead atoms. The van der Waals surface area contributed by atoms with E-state index in [9.17, 15) is 8.42 Å². The first kappa shape index (κ1) is 13.9. The minimum absolute atomic E-state index is 0.261. The van der Waals surface area contributed by atoms with E-state index in [1.54, 1.807) is 7.05 Å². The Morgan fingerprint density at radius 1 is 1.39 bits per heavy atom. The lowest BCUT2D eigenvalue weighted by atomic mass is 10.2. The predicted octanol–water partition coefficient (Wildman–Crippen LogP) is 1.50. The maximum atomic E-state index is 11.3. The molecule has 1 aromatic carbocycles. The molecule has 0 fully saturated rings. The average Bonchev–Trinajstić information content (AvgIpc) is 2.63. The van der Waals surface area contributed by atoms with Gasteiger partial charge in [0.2, 0.25) is 0 Å². The zero-order chi connectivity index (χ0) is 13.5. The molecule has 6 nitrogen and oxygen atoms in total. The van der Waals surface area contributed by atoms with Gasteiger partial charge in [0.05, 0.1) is 0 Å². The number of primary sulfonamides is 1. The molecule has 0 radical (unpaired) electrons. The van der Waals surface area contributed by atoms with Crippen LogP contribution >= 0.6 is 38.5 Å². The van der Waals surface area contributed by atoms with Crippen molar-refractivity contribution in [2.24, 2.45) is 12.2 Å². The number of benzene rings is 1. The highest BCUT2D eigenvalue weighted by atomic mass is 127. The lowest BCUT2D eigenvalue weighted by Crippen LogP contribution is -2.17. The van der Waals surface area contributed by atoms with E-state index in [0.29, 0.717) is 5.82 Å². The van der Waals surface area contributed by atoms with Crippen molar-refractivity contribution in [2.45, 2.75) is 5.16 Å². The summed E-state index contributed by atoms with van der Waals surface area (Å²) in [6.45, 7) is 0. The monoisotopic (exact) mass is 442 g/mol. The van der Waals surface area contributed by atoms with Crippen LogP contribution in [-0.2, 0) is 17.1 Å². The first-order chi connectivity index (χ1) is 8.30. The molecular formula is C9H8BrIN4O2S. The molecule has 0 atom stereocenters. The third kappa shape index (κ3) is 2.58.